The first kappa shape index (κ1) is 15.4. The van der Waals surface area contributed by atoms with Crippen LogP contribution in [0.3, 0.4) is 0 Å². The maximum absolute atomic E-state index is 12.3. The standard InChI is InChI=1S/C14H19F2NO2S/c1-18-11-7-13(20-8-14(15)16)12(19-2)6-9(11)5-10-3-4-17-10/h6-7,10,14,17H,3-5,8H2,1-2H3. The fraction of sp³-hybridized carbons (Fsp3) is 0.571. The fourth-order valence-corrected chi connectivity index (χ4v) is 2.93. The van der Waals surface area contributed by atoms with Crippen LogP contribution in [0, 0.1) is 0 Å². The summed E-state index contributed by atoms with van der Waals surface area (Å²) in [6, 6.07) is 4.15. The van der Waals surface area contributed by atoms with E-state index in [0.29, 0.717) is 16.7 Å². The van der Waals surface area contributed by atoms with Crippen LogP contribution in [0.5, 0.6) is 11.5 Å². The van der Waals surface area contributed by atoms with Crippen molar-refractivity contribution in [2.75, 3.05) is 26.5 Å². The number of thioether (sulfide) groups is 1. The summed E-state index contributed by atoms with van der Waals surface area (Å²) in [5.74, 6) is 1.12. The molecule has 6 heteroatoms. The molecular weight excluding hydrogens is 284 g/mol. The Morgan fingerprint density at radius 1 is 1.30 bits per heavy atom. The predicted octanol–water partition coefficient (Wildman–Crippen LogP) is 2.97. The van der Waals surface area contributed by atoms with Crippen molar-refractivity contribution in [1.82, 2.24) is 5.32 Å². The normalized spacial score (nSPS) is 17.9. The molecule has 1 fully saturated rings. The number of alkyl halides is 2. The molecule has 1 aliphatic rings. The SMILES string of the molecule is COc1cc(SCC(F)F)c(OC)cc1CC1CCN1. The van der Waals surface area contributed by atoms with Crippen molar-refractivity contribution in [1.29, 1.82) is 0 Å². The summed E-state index contributed by atoms with van der Waals surface area (Å²) in [5, 5.41) is 3.34. The van der Waals surface area contributed by atoms with Crippen molar-refractivity contribution < 1.29 is 18.3 Å². The quantitative estimate of drug-likeness (QED) is 0.785. The van der Waals surface area contributed by atoms with Crippen LogP contribution in [0.1, 0.15) is 12.0 Å². The highest BCUT2D eigenvalue weighted by atomic mass is 32.2. The molecule has 0 aromatic heterocycles. The summed E-state index contributed by atoms with van der Waals surface area (Å²) < 4.78 is 35.4. The second kappa shape index (κ2) is 7.13. The average Bonchev–Trinajstić information content (AvgIpc) is 2.40. The molecule has 1 unspecified atom stereocenters. The van der Waals surface area contributed by atoms with E-state index in [4.69, 9.17) is 9.47 Å². The molecular formula is C14H19F2NO2S. The van der Waals surface area contributed by atoms with Crippen LogP contribution in [0.15, 0.2) is 17.0 Å². The Kier molecular flexibility index (Phi) is 5.48. The number of hydrogen-bond donors (Lipinski definition) is 1. The molecule has 3 nitrogen and oxygen atoms in total. The number of ether oxygens (including phenoxy) is 2. The molecule has 2 rings (SSSR count). The third-order valence-electron chi connectivity index (χ3n) is 3.32. The number of nitrogens with one attached hydrogen (secondary N) is 1. The van der Waals surface area contributed by atoms with Crippen LogP contribution in [-0.2, 0) is 6.42 Å². The lowest BCUT2D eigenvalue weighted by Gasteiger charge is -2.28. The first-order valence-corrected chi connectivity index (χ1v) is 7.51. The summed E-state index contributed by atoms with van der Waals surface area (Å²) in [7, 11) is 3.15. The molecule has 0 aliphatic carbocycles. The van der Waals surface area contributed by atoms with E-state index in [-0.39, 0.29) is 5.75 Å². The van der Waals surface area contributed by atoms with Crippen molar-refractivity contribution in [2.45, 2.75) is 30.2 Å². The molecule has 0 spiro atoms. The molecule has 1 aromatic rings. The maximum Gasteiger partial charge on any atom is 0.247 e. The van der Waals surface area contributed by atoms with Gasteiger partial charge < -0.3 is 14.8 Å². The number of methoxy groups -OCH3 is 2. The highest BCUT2D eigenvalue weighted by molar-refractivity contribution is 7.99. The van der Waals surface area contributed by atoms with Crippen LogP contribution in [0.25, 0.3) is 0 Å². The summed E-state index contributed by atoms with van der Waals surface area (Å²) in [5.41, 5.74) is 1.04. The van der Waals surface area contributed by atoms with Crippen LogP contribution in [0.2, 0.25) is 0 Å². The van der Waals surface area contributed by atoms with Gasteiger partial charge in [0.2, 0.25) is 6.43 Å². The van der Waals surface area contributed by atoms with Crippen LogP contribution < -0.4 is 14.8 Å². The Morgan fingerprint density at radius 3 is 2.50 bits per heavy atom. The van der Waals surface area contributed by atoms with Crippen molar-refractivity contribution in [3.8, 4) is 11.5 Å². The molecule has 1 atom stereocenters. The number of halogens is 2. The zero-order valence-corrected chi connectivity index (χ0v) is 12.4. The lowest BCUT2D eigenvalue weighted by Crippen LogP contribution is -2.44. The topological polar surface area (TPSA) is 30.5 Å². The minimum atomic E-state index is -2.34. The van der Waals surface area contributed by atoms with E-state index in [1.807, 2.05) is 6.07 Å². The first-order valence-electron chi connectivity index (χ1n) is 6.53. The van der Waals surface area contributed by atoms with E-state index in [9.17, 15) is 8.78 Å². The Bertz CT molecular complexity index is 453. The van der Waals surface area contributed by atoms with Crippen LogP contribution in [0.4, 0.5) is 8.78 Å². The second-order valence-electron chi connectivity index (χ2n) is 4.66. The minimum Gasteiger partial charge on any atom is -0.496 e. The van der Waals surface area contributed by atoms with Crippen molar-refractivity contribution in [3.63, 3.8) is 0 Å². The van der Waals surface area contributed by atoms with Gasteiger partial charge in [-0.3, -0.25) is 0 Å². The summed E-state index contributed by atoms with van der Waals surface area (Å²) in [6.07, 6.45) is -0.332. The minimum absolute atomic E-state index is 0.247. The predicted molar refractivity (Wildman–Crippen MR) is 76.4 cm³/mol. The highest BCUT2D eigenvalue weighted by Crippen LogP contribution is 2.37. The molecule has 112 valence electrons. The summed E-state index contributed by atoms with van der Waals surface area (Å²) in [6.45, 7) is 1.05. The van der Waals surface area contributed by atoms with Gasteiger partial charge in [-0.2, -0.15) is 0 Å². The number of benzene rings is 1. The average molecular weight is 303 g/mol. The molecule has 0 radical (unpaired) electrons. The molecule has 1 aliphatic heterocycles. The Morgan fingerprint density at radius 2 is 2.00 bits per heavy atom. The van der Waals surface area contributed by atoms with Gasteiger partial charge in [0, 0.05) is 6.04 Å². The van der Waals surface area contributed by atoms with E-state index in [1.165, 1.54) is 0 Å². The zero-order valence-electron chi connectivity index (χ0n) is 11.6. The van der Waals surface area contributed by atoms with Gasteiger partial charge in [-0.05, 0) is 37.1 Å². The molecule has 1 N–H and O–H groups in total. The largest absolute Gasteiger partial charge is 0.496 e. The third-order valence-corrected chi connectivity index (χ3v) is 4.37. The molecule has 0 bridgehead atoms. The lowest BCUT2D eigenvalue weighted by molar-refractivity contribution is 0.177. The molecule has 1 heterocycles. The van der Waals surface area contributed by atoms with E-state index in [2.05, 4.69) is 5.32 Å². The Labute approximate surface area is 122 Å². The van der Waals surface area contributed by atoms with Gasteiger partial charge in [0.25, 0.3) is 0 Å². The Balaban J connectivity index is 2.19. The lowest BCUT2D eigenvalue weighted by atomic mass is 9.97. The second-order valence-corrected chi connectivity index (χ2v) is 5.72. The summed E-state index contributed by atoms with van der Waals surface area (Å²) >= 11 is 1.09. The van der Waals surface area contributed by atoms with Gasteiger partial charge >= 0.3 is 0 Å². The number of hydrogen-bond acceptors (Lipinski definition) is 4. The third kappa shape index (κ3) is 3.76. The van der Waals surface area contributed by atoms with Crippen molar-refractivity contribution in [2.24, 2.45) is 0 Å². The van der Waals surface area contributed by atoms with Gasteiger partial charge in [-0.15, -0.1) is 11.8 Å². The van der Waals surface area contributed by atoms with Crippen molar-refractivity contribution in [3.05, 3.63) is 17.7 Å². The molecule has 20 heavy (non-hydrogen) atoms. The fourth-order valence-electron chi connectivity index (χ4n) is 2.15. The highest BCUT2D eigenvalue weighted by Gasteiger charge is 2.20. The van der Waals surface area contributed by atoms with E-state index in [1.54, 1.807) is 20.3 Å². The van der Waals surface area contributed by atoms with Crippen LogP contribution in [-0.4, -0.2) is 39.0 Å². The van der Waals surface area contributed by atoms with Gasteiger partial charge in [-0.1, -0.05) is 0 Å². The van der Waals surface area contributed by atoms with E-state index >= 15 is 0 Å². The van der Waals surface area contributed by atoms with Crippen LogP contribution >= 0.6 is 11.8 Å². The first-order chi connectivity index (χ1) is 9.63. The molecule has 0 amide bonds. The summed E-state index contributed by atoms with van der Waals surface area (Å²) in [4.78, 5) is 0.690. The van der Waals surface area contributed by atoms with Gasteiger partial charge in [-0.25, -0.2) is 8.78 Å². The number of rotatable bonds is 7. The maximum atomic E-state index is 12.3. The van der Waals surface area contributed by atoms with Gasteiger partial charge in [0.05, 0.1) is 24.9 Å². The zero-order chi connectivity index (χ0) is 14.5. The molecule has 0 saturated carbocycles. The Hall–Kier alpha value is -1.01. The smallest absolute Gasteiger partial charge is 0.247 e. The van der Waals surface area contributed by atoms with Gasteiger partial charge in [0.1, 0.15) is 11.5 Å². The molecule has 1 aromatic carbocycles. The van der Waals surface area contributed by atoms with E-state index < -0.39 is 6.43 Å². The molecule has 1 saturated heterocycles. The van der Waals surface area contributed by atoms with Crippen molar-refractivity contribution >= 4 is 11.8 Å². The van der Waals surface area contributed by atoms with E-state index in [0.717, 1.165) is 42.5 Å². The van der Waals surface area contributed by atoms with Gasteiger partial charge in [0.15, 0.2) is 0 Å². The monoisotopic (exact) mass is 303 g/mol.